The third-order valence-corrected chi connectivity index (χ3v) is 7.66. The van der Waals surface area contributed by atoms with Gasteiger partial charge in [-0.3, -0.25) is 9.47 Å². The summed E-state index contributed by atoms with van der Waals surface area (Å²) in [6, 6.07) is 8.88. The number of fused-ring (bicyclic) bond motifs is 1. The molecule has 2 fully saturated rings. The van der Waals surface area contributed by atoms with Crippen molar-refractivity contribution in [2.45, 2.75) is 12.8 Å². The van der Waals surface area contributed by atoms with Crippen LogP contribution in [-0.2, 0) is 9.47 Å². The van der Waals surface area contributed by atoms with Crippen LogP contribution in [0, 0.1) is 0 Å². The van der Waals surface area contributed by atoms with Crippen molar-refractivity contribution in [3.63, 3.8) is 0 Å². The highest BCUT2D eigenvalue weighted by atomic mass is 19.3. The number of hydrogen-bond acceptors (Lipinski definition) is 12. The number of rotatable bonds is 11. The number of aromatic nitrogens is 6. The lowest BCUT2D eigenvalue weighted by molar-refractivity contribution is 0.0377. The molecule has 2 aliphatic heterocycles. The summed E-state index contributed by atoms with van der Waals surface area (Å²) >= 11 is 0. The van der Waals surface area contributed by atoms with Crippen molar-refractivity contribution in [2.75, 3.05) is 95.0 Å². The maximum absolute atomic E-state index is 14.3. The lowest BCUT2D eigenvalue weighted by Gasteiger charge is -2.27. The molecule has 3 aromatic heterocycles. The molecule has 0 aliphatic carbocycles. The number of ether oxygens (including phenoxy) is 3. The molecule has 0 bridgehead atoms. The van der Waals surface area contributed by atoms with Gasteiger partial charge >= 0.3 is 0 Å². The number of methoxy groups -OCH3 is 1. The van der Waals surface area contributed by atoms with E-state index in [1.165, 1.54) is 11.7 Å². The molecule has 13 nitrogen and oxygen atoms in total. The maximum atomic E-state index is 14.3. The lowest BCUT2D eigenvalue weighted by atomic mass is 10.3. The zero-order valence-electron chi connectivity index (χ0n) is 24.8. The summed E-state index contributed by atoms with van der Waals surface area (Å²) in [6.07, 6.45) is -0.158. The Morgan fingerprint density at radius 2 is 1.70 bits per heavy atom. The van der Waals surface area contributed by atoms with Crippen molar-refractivity contribution in [2.24, 2.45) is 0 Å². The van der Waals surface area contributed by atoms with E-state index in [2.05, 4.69) is 40.0 Å². The highest BCUT2D eigenvalue weighted by molar-refractivity contribution is 5.84. The van der Waals surface area contributed by atoms with Gasteiger partial charge in [0.2, 0.25) is 17.8 Å². The van der Waals surface area contributed by atoms with Gasteiger partial charge in [0.25, 0.3) is 6.43 Å². The monoisotopic (exact) mass is 610 g/mol. The molecule has 234 valence electrons. The minimum atomic E-state index is -2.88. The summed E-state index contributed by atoms with van der Waals surface area (Å²) < 4.78 is 46.2. The van der Waals surface area contributed by atoms with Crippen molar-refractivity contribution < 1.29 is 23.0 Å². The summed E-state index contributed by atoms with van der Waals surface area (Å²) in [4.78, 5) is 29.1. The number of morpholine rings is 2. The molecule has 0 unspecified atom stereocenters. The SMILES string of the molecule is COc1cccc2c1nc(C(F)F)n2-c1nc(Nc2ccc(N(C)CCCN3CCOCC3)nc2)nc(N2CCOCC2)n1. The first-order valence-electron chi connectivity index (χ1n) is 14.7. The number of benzene rings is 1. The number of pyridine rings is 1. The topological polar surface area (TPSA) is 119 Å². The van der Waals surface area contributed by atoms with Crippen LogP contribution in [0.4, 0.5) is 32.2 Å². The van der Waals surface area contributed by atoms with Crippen LogP contribution in [-0.4, -0.2) is 114 Å². The molecule has 15 heteroatoms. The van der Waals surface area contributed by atoms with Gasteiger partial charge in [-0.25, -0.2) is 18.7 Å². The largest absolute Gasteiger partial charge is 0.494 e. The molecule has 0 saturated carbocycles. The fourth-order valence-corrected chi connectivity index (χ4v) is 5.31. The number of nitrogens with one attached hydrogen (secondary N) is 1. The van der Waals surface area contributed by atoms with Gasteiger partial charge in [-0.05, 0) is 30.7 Å². The van der Waals surface area contributed by atoms with Gasteiger partial charge in [0, 0.05) is 46.3 Å². The normalized spacial score (nSPS) is 16.1. The second-order valence-corrected chi connectivity index (χ2v) is 10.6. The molecule has 2 aliphatic rings. The van der Waals surface area contributed by atoms with E-state index in [0.29, 0.717) is 54.7 Å². The molecule has 0 amide bonds. The number of nitrogens with zero attached hydrogens (tertiary/aromatic N) is 9. The van der Waals surface area contributed by atoms with E-state index in [4.69, 9.17) is 14.2 Å². The molecule has 0 spiro atoms. The summed E-state index contributed by atoms with van der Waals surface area (Å²) in [5.41, 5.74) is 1.33. The van der Waals surface area contributed by atoms with Gasteiger partial charge in [-0.15, -0.1) is 0 Å². The average Bonchev–Trinajstić information content (AvgIpc) is 3.46. The number of para-hydroxylation sites is 1. The minimum Gasteiger partial charge on any atom is -0.494 e. The van der Waals surface area contributed by atoms with Gasteiger partial charge < -0.3 is 29.3 Å². The summed E-state index contributed by atoms with van der Waals surface area (Å²) in [5.74, 6) is 1.27. The van der Waals surface area contributed by atoms with Gasteiger partial charge in [0.15, 0.2) is 5.82 Å². The summed E-state index contributed by atoms with van der Waals surface area (Å²) in [5, 5.41) is 3.19. The van der Waals surface area contributed by atoms with E-state index in [1.54, 1.807) is 24.4 Å². The Kier molecular flexibility index (Phi) is 9.23. The fraction of sp³-hybridized carbons (Fsp3) is 0.483. The Labute approximate surface area is 253 Å². The first-order chi connectivity index (χ1) is 21.5. The Balaban J connectivity index is 1.26. The van der Waals surface area contributed by atoms with Crippen LogP contribution < -0.4 is 19.9 Å². The molecular formula is C29H36F2N10O3. The van der Waals surface area contributed by atoms with Crippen LogP contribution in [0.2, 0.25) is 0 Å². The van der Waals surface area contributed by atoms with Crippen molar-refractivity contribution in [3.8, 4) is 11.7 Å². The van der Waals surface area contributed by atoms with Crippen LogP contribution in [0.5, 0.6) is 5.75 Å². The van der Waals surface area contributed by atoms with Crippen LogP contribution in [0.3, 0.4) is 0 Å². The van der Waals surface area contributed by atoms with E-state index in [0.717, 1.165) is 51.6 Å². The van der Waals surface area contributed by atoms with Crippen LogP contribution in [0.15, 0.2) is 36.5 Å². The minimum absolute atomic E-state index is 0.0135. The Morgan fingerprint density at radius 1 is 0.955 bits per heavy atom. The number of imidazole rings is 1. The van der Waals surface area contributed by atoms with Crippen LogP contribution in [0.25, 0.3) is 17.0 Å². The standard InChI is InChI=1S/C29H36F2N10O3/c1-38(9-4-10-39-11-15-43-16-12-39)23-8-7-20(19-32-23)33-27-35-28(40-13-17-44-18-14-40)37-29(36-27)41-21-5-3-6-22(42-2)24(21)34-26(41)25(30)31/h3,5-8,19,25H,4,9-18H2,1-2H3,(H,33,35,36,37). The van der Waals surface area contributed by atoms with Crippen LogP contribution in [0.1, 0.15) is 18.7 Å². The summed E-state index contributed by atoms with van der Waals surface area (Å²) in [7, 11) is 3.49. The van der Waals surface area contributed by atoms with Crippen molar-refractivity contribution in [1.29, 1.82) is 0 Å². The smallest absolute Gasteiger partial charge is 0.296 e. The number of halogens is 2. The third-order valence-electron chi connectivity index (χ3n) is 7.66. The van der Waals surface area contributed by atoms with Crippen LogP contribution >= 0.6 is 0 Å². The third kappa shape index (κ3) is 6.64. The molecule has 4 aromatic rings. The predicted molar refractivity (Wildman–Crippen MR) is 162 cm³/mol. The van der Waals surface area contributed by atoms with Gasteiger partial charge in [-0.1, -0.05) is 6.07 Å². The molecule has 2 saturated heterocycles. The second kappa shape index (κ2) is 13.6. The Morgan fingerprint density at radius 3 is 2.41 bits per heavy atom. The van der Waals surface area contributed by atoms with Crippen molar-refractivity contribution in [1.82, 2.24) is 34.4 Å². The van der Waals surface area contributed by atoms with E-state index < -0.39 is 12.2 Å². The van der Waals surface area contributed by atoms with Crippen molar-refractivity contribution in [3.05, 3.63) is 42.4 Å². The first kappa shape index (κ1) is 29.8. The molecule has 1 aromatic carbocycles. The lowest BCUT2D eigenvalue weighted by Crippen LogP contribution is -2.37. The average molecular weight is 611 g/mol. The zero-order valence-corrected chi connectivity index (χ0v) is 24.8. The maximum Gasteiger partial charge on any atom is 0.296 e. The van der Waals surface area contributed by atoms with Gasteiger partial charge in [-0.2, -0.15) is 15.0 Å². The molecule has 1 N–H and O–H groups in total. The molecular weight excluding hydrogens is 574 g/mol. The number of anilines is 4. The predicted octanol–water partition coefficient (Wildman–Crippen LogP) is 3.29. The molecule has 0 atom stereocenters. The molecule has 6 rings (SSSR count). The Bertz CT molecular complexity index is 1540. The first-order valence-corrected chi connectivity index (χ1v) is 14.7. The summed E-state index contributed by atoms with van der Waals surface area (Å²) in [6.45, 7) is 7.54. The van der Waals surface area contributed by atoms with Gasteiger partial charge in [0.1, 0.15) is 17.1 Å². The molecule has 0 radical (unpaired) electrons. The zero-order chi connectivity index (χ0) is 30.5. The number of alkyl halides is 2. The van der Waals surface area contributed by atoms with E-state index in [-0.39, 0.29) is 11.9 Å². The Hall–Kier alpha value is -4.21. The molecule has 44 heavy (non-hydrogen) atoms. The fourth-order valence-electron chi connectivity index (χ4n) is 5.31. The van der Waals surface area contributed by atoms with E-state index in [1.807, 2.05) is 24.1 Å². The van der Waals surface area contributed by atoms with E-state index >= 15 is 0 Å². The highest BCUT2D eigenvalue weighted by Crippen LogP contribution is 2.32. The van der Waals surface area contributed by atoms with Crippen molar-refractivity contribution >= 4 is 34.4 Å². The quantitative estimate of drug-likeness (QED) is 0.268. The highest BCUT2D eigenvalue weighted by Gasteiger charge is 2.26. The molecule has 5 heterocycles. The van der Waals surface area contributed by atoms with Gasteiger partial charge in [0.05, 0.1) is 50.9 Å². The number of hydrogen-bond donors (Lipinski definition) is 1. The second-order valence-electron chi connectivity index (χ2n) is 10.6. The van der Waals surface area contributed by atoms with E-state index in [9.17, 15) is 8.78 Å².